The van der Waals surface area contributed by atoms with Crippen LogP contribution in [-0.4, -0.2) is 37.6 Å². The van der Waals surface area contributed by atoms with E-state index in [1.807, 2.05) is 11.8 Å². The first-order valence-corrected chi connectivity index (χ1v) is 7.71. The molecular weight excluding hydrogens is 220 g/mol. The van der Waals surface area contributed by atoms with Crippen LogP contribution in [0.1, 0.15) is 32.1 Å². The number of thioether (sulfide) groups is 1. The smallest absolute Gasteiger partial charge is 0.224 e. The fraction of sp³-hybridized carbons (Fsp3) is 0.917. The lowest BCUT2D eigenvalue weighted by molar-refractivity contribution is -0.125. The third-order valence-electron chi connectivity index (χ3n) is 2.99. The second-order valence-corrected chi connectivity index (χ2v) is 5.37. The van der Waals surface area contributed by atoms with E-state index in [9.17, 15) is 4.79 Å². The lowest BCUT2D eigenvalue weighted by atomic mass is 9.99. The summed E-state index contributed by atoms with van der Waals surface area (Å²) < 4.78 is 0. The molecule has 0 radical (unpaired) electrons. The van der Waals surface area contributed by atoms with Gasteiger partial charge >= 0.3 is 0 Å². The van der Waals surface area contributed by atoms with E-state index in [1.54, 1.807) is 0 Å². The summed E-state index contributed by atoms with van der Waals surface area (Å²) in [6, 6.07) is 0. The molecule has 0 aliphatic carbocycles. The number of carbonyl (C=O) groups excluding carboxylic acids is 1. The fourth-order valence-corrected chi connectivity index (χ4v) is 2.47. The summed E-state index contributed by atoms with van der Waals surface area (Å²) in [5, 5.41) is 6.31. The third kappa shape index (κ3) is 5.75. The molecule has 1 saturated heterocycles. The number of carbonyl (C=O) groups is 1. The molecule has 0 unspecified atom stereocenters. The SMILES string of the molecule is CSCCCCCNC(=O)[C@@H]1CCCNC1. The summed E-state index contributed by atoms with van der Waals surface area (Å²) in [6.07, 6.45) is 7.92. The van der Waals surface area contributed by atoms with Crippen molar-refractivity contribution in [1.82, 2.24) is 10.6 Å². The van der Waals surface area contributed by atoms with E-state index in [0.29, 0.717) is 0 Å². The molecule has 1 rings (SSSR count). The Morgan fingerprint density at radius 1 is 1.44 bits per heavy atom. The molecule has 0 bridgehead atoms. The Balaban J connectivity index is 1.97. The van der Waals surface area contributed by atoms with Crippen LogP contribution in [0.3, 0.4) is 0 Å². The molecule has 1 fully saturated rings. The van der Waals surface area contributed by atoms with E-state index in [0.717, 1.165) is 38.9 Å². The van der Waals surface area contributed by atoms with Crippen molar-refractivity contribution in [3.8, 4) is 0 Å². The van der Waals surface area contributed by atoms with Gasteiger partial charge in [0.25, 0.3) is 0 Å². The zero-order chi connectivity index (χ0) is 11.6. The number of hydrogen-bond acceptors (Lipinski definition) is 3. The first-order chi connectivity index (χ1) is 7.84. The summed E-state index contributed by atoms with van der Waals surface area (Å²) in [7, 11) is 0. The fourth-order valence-electron chi connectivity index (χ4n) is 1.98. The molecule has 16 heavy (non-hydrogen) atoms. The van der Waals surface area contributed by atoms with Gasteiger partial charge in [0.2, 0.25) is 5.91 Å². The Morgan fingerprint density at radius 2 is 2.31 bits per heavy atom. The van der Waals surface area contributed by atoms with Gasteiger partial charge in [0.05, 0.1) is 5.92 Å². The van der Waals surface area contributed by atoms with Crippen LogP contribution in [0.4, 0.5) is 0 Å². The quantitative estimate of drug-likeness (QED) is 0.669. The number of nitrogens with one attached hydrogen (secondary N) is 2. The van der Waals surface area contributed by atoms with Crippen LogP contribution in [0, 0.1) is 5.92 Å². The van der Waals surface area contributed by atoms with Gasteiger partial charge in [0.15, 0.2) is 0 Å². The Hall–Kier alpha value is -0.220. The van der Waals surface area contributed by atoms with Crippen LogP contribution >= 0.6 is 11.8 Å². The molecule has 1 aliphatic rings. The van der Waals surface area contributed by atoms with E-state index in [1.165, 1.54) is 18.6 Å². The van der Waals surface area contributed by atoms with E-state index in [2.05, 4.69) is 16.9 Å². The van der Waals surface area contributed by atoms with Crippen molar-refractivity contribution < 1.29 is 4.79 Å². The summed E-state index contributed by atoms with van der Waals surface area (Å²) >= 11 is 1.89. The number of hydrogen-bond donors (Lipinski definition) is 2. The van der Waals surface area contributed by atoms with Gasteiger partial charge in [0.1, 0.15) is 0 Å². The Kier molecular flexibility index (Phi) is 7.68. The van der Waals surface area contributed by atoms with E-state index in [4.69, 9.17) is 0 Å². The number of rotatable bonds is 7. The molecule has 0 spiro atoms. The van der Waals surface area contributed by atoms with Gasteiger partial charge in [-0.1, -0.05) is 6.42 Å². The van der Waals surface area contributed by atoms with Crippen LogP contribution in [0.15, 0.2) is 0 Å². The van der Waals surface area contributed by atoms with Crippen LogP contribution in [0.2, 0.25) is 0 Å². The van der Waals surface area contributed by atoms with Gasteiger partial charge in [0, 0.05) is 13.1 Å². The average Bonchev–Trinajstić information content (AvgIpc) is 2.34. The second-order valence-electron chi connectivity index (χ2n) is 4.39. The average molecular weight is 244 g/mol. The monoisotopic (exact) mass is 244 g/mol. The van der Waals surface area contributed by atoms with Crippen molar-refractivity contribution in [3.05, 3.63) is 0 Å². The third-order valence-corrected chi connectivity index (χ3v) is 3.69. The predicted octanol–water partition coefficient (Wildman–Crippen LogP) is 1.64. The van der Waals surface area contributed by atoms with Crippen molar-refractivity contribution in [2.24, 2.45) is 5.92 Å². The highest BCUT2D eigenvalue weighted by atomic mass is 32.2. The molecule has 1 amide bonds. The highest BCUT2D eigenvalue weighted by molar-refractivity contribution is 7.98. The topological polar surface area (TPSA) is 41.1 Å². The van der Waals surface area contributed by atoms with Crippen molar-refractivity contribution in [2.75, 3.05) is 31.6 Å². The maximum atomic E-state index is 11.7. The molecule has 0 aromatic carbocycles. The zero-order valence-electron chi connectivity index (χ0n) is 10.3. The Morgan fingerprint density at radius 3 is 3.00 bits per heavy atom. The molecule has 0 aromatic rings. The molecule has 0 saturated carbocycles. The number of piperidine rings is 1. The van der Waals surface area contributed by atoms with E-state index in [-0.39, 0.29) is 11.8 Å². The highest BCUT2D eigenvalue weighted by Crippen LogP contribution is 2.09. The van der Waals surface area contributed by atoms with Gasteiger partial charge < -0.3 is 10.6 Å². The van der Waals surface area contributed by atoms with Crippen LogP contribution in [0.25, 0.3) is 0 Å². The zero-order valence-corrected chi connectivity index (χ0v) is 11.1. The summed E-state index contributed by atoms with van der Waals surface area (Å²) in [5.74, 6) is 1.69. The van der Waals surface area contributed by atoms with Gasteiger partial charge in [-0.2, -0.15) is 11.8 Å². The molecule has 1 atom stereocenters. The van der Waals surface area contributed by atoms with Crippen molar-refractivity contribution >= 4 is 17.7 Å². The molecule has 94 valence electrons. The minimum atomic E-state index is 0.208. The van der Waals surface area contributed by atoms with Gasteiger partial charge in [-0.15, -0.1) is 0 Å². The van der Waals surface area contributed by atoms with Gasteiger partial charge in [-0.3, -0.25) is 4.79 Å². The maximum absolute atomic E-state index is 11.7. The minimum absolute atomic E-state index is 0.208. The normalized spacial score (nSPS) is 20.7. The summed E-state index contributed by atoms with van der Waals surface area (Å²) in [5.41, 5.74) is 0. The van der Waals surface area contributed by atoms with Gasteiger partial charge in [-0.25, -0.2) is 0 Å². The minimum Gasteiger partial charge on any atom is -0.356 e. The second kappa shape index (κ2) is 8.88. The van der Waals surface area contributed by atoms with Crippen molar-refractivity contribution in [3.63, 3.8) is 0 Å². The Bertz CT molecular complexity index is 193. The van der Waals surface area contributed by atoms with Crippen LogP contribution < -0.4 is 10.6 Å². The van der Waals surface area contributed by atoms with E-state index < -0.39 is 0 Å². The predicted molar refractivity (Wildman–Crippen MR) is 70.8 cm³/mol. The maximum Gasteiger partial charge on any atom is 0.224 e. The largest absolute Gasteiger partial charge is 0.356 e. The molecular formula is C12H24N2OS. The Labute approximate surface area is 103 Å². The summed E-state index contributed by atoms with van der Waals surface area (Å²) in [6.45, 7) is 2.78. The highest BCUT2D eigenvalue weighted by Gasteiger charge is 2.19. The number of unbranched alkanes of at least 4 members (excludes halogenated alkanes) is 2. The molecule has 0 aromatic heterocycles. The first-order valence-electron chi connectivity index (χ1n) is 6.32. The molecule has 1 heterocycles. The molecule has 3 nitrogen and oxygen atoms in total. The van der Waals surface area contributed by atoms with Gasteiger partial charge in [-0.05, 0) is 44.2 Å². The lowest BCUT2D eigenvalue weighted by Crippen LogP contribution is -2.40. The summed E-state index contributed by atoms with van der Waals surface area (Å²) in [4.78, 5) is 11.7. The van der Waals surface area contributed by atoms with E-state index >= 15 is 0 Å². The van der Waals surface area contributed by atoms with Crippen LogP contribution in [-0.2, 0) is 4.79 Å². The van der Waals surface area contributed by atoms with Crippen LogP contribution in [0.5, 0.6) is 0 Å². The van der Waals surface area contributed by atoms with Crippen molar-refractivity contribution in [2.45, 2.75) is 32.1 Å². The van der Waals surface area contributed by atoms with Crippen molar-refractivity contribution in [1.29, 1.82) is 0 Å². The number of amides is 1. The lowest BCUT2D eigenvalue weighted by Gasteiger charge is -2.21. The first kappa shape index (κ1) is 13.8. The molecule has 4 heteroatoms. The standard InChI is InChI=1S/C12H24N2OS/c1-16-9-4-2-3-8-14-12(15)11-6-5-7-13-10-11/h11,13H,2-10H2,1H3,(H,14,15)/t11-/m1/s1. The molecule has 2 N–H and O–H groups in total. The molecule has 1 aliphatic heterocycles.